The van der Waals surface area contributed by atoms with Crippen LogP contribution in [0.5, 0.6) is 0 Å². The molecule has 7 heteroatoms. The highest BCUT2D eigenvalue weighted by Gasteiger charge is 2.14. The molecule has 3 aromatic rings. The summed E-state index contributed by atoms with van der Waals surface area (Å²) in [5, 5.41) is 12.4. The molecule has 98 valence electrons. The van der Waals surface area contributed by atoms with Gasteiger partial charge in [-0.1, -0.05) is 5.16 Å². The molecule has 0 aliphatic heterocycles. The first-order chi connectivity index (χ1) is 9.65. The molecule has 0 saturated heterocycles. The maximum atomic E-state index is 13.1. The van der Waals surface area contributed by atoms with Crippen molar-refractivity contribution >= 4 is 11.3 Å². The van der Waals surface area contributed by atoms with Crippen LogP contribution in [0.25, 0.3) is 22.2 Å². The van der Waals surface area contributed by atoms with Crippen LogP contribution in [0, 0.1) is 23.0 Å². The molecule has 20 heavy (non-hydrogen) atoms. The van der Waals surface area contributed by atoms with E-state index in [1.165, 1.54) is 11.3 Å². The van der Waals surface area contributed by atoms with E-state index in [1.807, 2.05) is 6.07 Å². The zero-order valence-corrected chi connectivity index (χ0v) is 10.6. The Bertz CT molecular complexity index is 799. The second kappa shape index (κ2) is 4.83. The molecule has 0 unspecified atom stereocenters. The van der Waals surface area contributed by atoms with E-state index < -0.39 is 11.6 Å². The van der Waals surface area contributed by atoms with Crippen molar-refractivity contribution in [2.75, 3.05) is 0 Å². The number of aromatic nitrogens is 2. The van der Waals surface area contributed by atoms with Crippen LogP contribution in [0.2, 0.25) is 0 Å². The zero-order valence-electron chi connectivity index (χ0n) is 9.80. The van der Waals surface area contributed by atoms with Gasteiger partial charge in [-0.25, -0.2) is 8.78 Å². The fourth-order valence-corrected chi connectivity index (χ4v) is 2.36. The van der Waals surface area contributed by atoms with E-state index in [0.29, 0.717) is 9.75 Å². The molecule has 2 aromatic heterocycles. The lowest BCUT2D eigenvalue weighted by Crippen LogP contribution is -1.85. The second-order valence-electron chi connectivity index (χ2n) is 3.86. The summed E-state index contributed by atoms with van der Waals surface area (Å²) in [7, 11) is 0. The van der Waals surface area contributed by atoms with Gasteiger partial charge in [-0.15, -0.1) is 11.3 Å². The van der Waals surface area contributed by atoms with Crippen molar-refractivity contribution in [2.24, 2.45) is 0 Å². The number of halogens is 2. The second-order valence-corrected chi connectivity index (χ2v) is 4.94. The van der Waals surface area contributed by atoms with Crippen LogP contribution < -0.4 is 0 Å². The van der Waals surface area contributed by atoms with Gasteiger partial charge in [0, 0.05) is 11.6 Å². The summed E-state index contributed by atoms with van der Waals surface area (Å²) in [4.78, 5) is 5.20. The van der Waals surface area contributed by atoms with Gasteiger partial charge in [-0.3, -0.25) is 0 Å². The van der Waals surface area contributed by atoms with Gasteiger partial charge in [-0.2, -0.15) is 10.2 Å². The Hall–Kier alpha value is -2.59. The van der Waals surface area contributed by atoms with Crippen LogP contribution in [0.4, 0.5) is 8.78 Å². The van der Waals surface area contributed by atoms with Crippen LogP contribution in [0.1, 0.15) is 4.88 Å². The molecule has 2 heterocycles. The molecule has 0 saturated carbocycles. The van der Waals surface area contributed by atoms with E-state index in [0.717, 1.165) is 18.2 Å². The third-order valence-corrected chi connectivity index (χ3v) is 3.45. The Morgan fingerprint density at radius 3 is 2.55 bits per heavy atom. The van der Waals surface area contributed by atoms with Gasteiger partial charge in [0.1, 0.15) is 22.6 Å². The van der Waals surface area contributed by atoms with Gasteiger partial charge >= 0.3 is 0 Å². The Kier molecular flexibility index (Phi) is 3.00. The molecule has 0 bridgehead atoms. The fourth-order valence-electron chi connectivity index (χ4n) is 1.64. The first kappa shape index (κ1) is 12.4. The van der Waals surface area contributed by atoms with Crippen molar-refractivity contribution < 1.29 is 13.3 Å². The minimum Gasteiger partial charge on any atom is -0.333 e. The minimum atomic E-state index is -0.714. The Morgan fingerprint density at radius 2 is 1.90 bits per heavy atom. The van der Waals surface area contributed by atoms with Crippen LogP contribution in [0.15, 0.2) is 34.9 Å². The number of rotatable bonds is 2. The highest BCUT2D eigenvalue weighted by molar-refractivity contribution is 7.15. The van der Waals surface area contributed by atoms with E-state index in [4.69, 9.17) is 9.78 Å². The average molecular weight is 289 g/mol. The van der Waals surface area contributed by atoms with Crippen LogP contribution in [-0.2, 0) is 0 Å². The Labute approximate surface area is 115 Å². The molecule has 4 nitrogen and oxygen atoms in total. The summed E-state index contributed by atoms with van der Waals surface area (Å²) in [6.07, 6.45) is 0. The van der Waals surface area contributed by atoms with E-state index in [1.54, 1.807) is 12.1 Å². The molecular weight excluding hydrogens is 284 g/mol. The summed E-state index contributed by atoms with van der Waals surface area (Å²) in [5.74, 6) is -1.13. The molecule has 1 aromatic carbocycles. The highest BCUT2D eigenvalue weighted by atomic mass is 32.1. The summed E-state index contributed by atoms with van der Waals surface area (Å²) in [6.45, 7) is 0. The van der Waals surface area contributed by atoms with Crippen LogP contribution in [0.3, 0.4) is 0 Å². The number of hydrogen-bond acceptors (Lipinski definition) is 5. The van der Waals surface area contributed by atoms with Crippen molar-refractivity contribution in [2.45, 2.75) is 0 Å². The third-order valence-electron chi connectivity index (χ3n) is 2.47. The molecule has 0 aliphatic carbocycles. The van der Waals surface area contributed by atoms with E-state index in [9.17, 15) is 8.78 Å². The van der Waals surface area contributed by atoms with E-state index in [2.05, 4.69) is 10.1 Å². The lowest BCUT2D eigenvalue weighted by atomic mass is 10.2. The van der Waals surface area contributed by atoms with Crippen LogP contribution in [-0.4, -0.2) is 10.1 Å². The van der Waals surface area contributed by atoms with Crippen LogP contribution >= 0.6 is 11.3 Å². The first-order valence-corrected chi connectivity index (χ1v) is 6.28. The minimum absolute atomic E-state index is 0.0882. The molecule has 0 atom stereocenters. The molecule has 0 N–H and O–H groups in total. The molecule has 0 fully saturated rings. The SMILES string of the molecule is N#Cc1ccc(-c2nc(-c3cc(F)cc(F)c3)no2)s1. The molecular formula is C13H5F2N3OS. The largest absolute Gasteiger partial charge is 0.333 e. The average Bonchev–Trinajstić information content (AvgIpc) is 3.06. The quantitative estimate of drug-likeness (QED) is 0.723. The molecule has 0 amide bonds. The number of benzene rings is 1. The summed E-state index contributed by atoms with van der Waals surface area (Å²) in [5.41, 5.74) is 0.189. The van der Waals surface area contributed by atoms with Gasteiger partial charge in [-0.05, 0) is 24.3 Å². The highest BCUT2D eigenvalue weighted by Crippen LogP contribution is 2.28. The predicted molar refractivity (Wildman–Crippen MR) is 67.7 cm³/mol. The van der Waals surface area contributed by atoms with Gasteiger partial charge in [0.05, 0.1) is 4.88 Å². The monoisotopic (exact) mass is 289 g/mol. The van der Waals surface area contributed by atoms with E-state index in [-0.39, 0.29) is 17.3 Å². The zero-order chi connectivity index (χ0) is 14.1. The Balaban J connectivity index is 1.99. The molecule has 3 rings (SSSR count). The van der Waals surface area contributed by atoms with Gasteiger partial charge in [0.25, 0.3) is 5.89 Å². The fraction of sp³-hybridized carbons (Fsp3) is 0. The molecule has 0 aliphatic rings. The van der Waals surface area contributed by atoms with Gasteiger partial charge in [0.2, 0.25) is 5.82 Å². The summed E-state index contributed by atoms with van der Waals surface area (Å²) in [6, 6.07) is 8.31. The maximum Gasteiger partial charge on any atom is 0.268 e. The number of hydrogen-bond donors (Lipinski definition) is 0. The van der Waals surface area contributed by atoms with Crippen molar-refractivity contribution in [1.29, 1.82) is 5.26 Å². The first-order valence-electron chi connectivity index (χ1n) is 5.46. The van der Waals surface area contributed by atoms with Gasteiger partial charge in [0.15, 0.2) is 0 Å². The summed E-state index contributed by atoms with van der Waals surface area (Å²) >= 11 is 1.20. The standard InChI is InChI=1S/C13H5F2N3OS/c14-8-3-7(4-9(15)5-8)12-17-13(19-18-12)11-2-1-10(6-16)20-11/h1-5H. The summed E-state index contributed by atoms with van der Waals surface area (Å²) < 4.78 is 31.3. The lowest BCUT2D eigenvalue weighted by Gasteiger charge is -1.95. The normalized spacial score (nSPS) is 10.4. The van der Waals surface area contributed by atoms with Crippen molar-refractivity contribution in [3.05, 3.63) is 46.8 Å². The molecule has 0 spiro atoms. The third kappa shape index (κ3) is 2.29. The Morgan fingerprint density at radius 1 is 1.15 bits per heavy atom. The van der Waals surface area contributed by atoms with Gasteiger partial charge < -0.3 is 4.52 Å². The van der Waals surface area contributed by atoms with Crippen molar-refractivity contribution in [3.8, 4) is 28.2 Å². The molecule has 0 radical (unpaired) electrons. The number of nitrogens with zero attached hydrogens (tertiary/aromatic N) is 3. The number of nitriles is 1. The smallest absolute Gasteiger partial charge is 0.268 e. The van der Waals surface area contributed by atoms with Crippen molar-refractivity contribution in [1.82, 2.24) is 10.1 Å². The van der Waals surface area contributed by atoms with Crippen molar-refractivity contribution in [3.63, 3.8) is 0 Å². The topological polar surface area (TPSA) is 62.7 Å². The predicted octanol–water partition coefficient (Wildman–Crippen LogP) is 3.61. The maximum absolute atomic E-state index is 13.1. The lowest BCUT2D eigenvalue weighted by molar-refractivity contribution is 0.433. The van der Waals surface area contributed by atoms with E-state index >= 15 is 0 Å². The number of thiophene rings is 1.